The van der Waals surface area contributed by atoms with E-state index in [1.54, 1.807) is 6.07 Å². The first-order valence-corrected chi connectivity index (χ1v) is 31.7. The SMILES string of the molecule is [2H]c1c([2H])c([2H])c2c(c1[2H])c1c([2H])c([2H])c([2H])c([2H])c1n2-c1ccc2c(c1)N(CCc1c(-c3ccccc3)cccc1-c1ccccc1)c1cc(-c3cccc(C#N)c3)cc3c1B2c1ccc(-n2c4c([2H])c([2H])c([2H])c([2H])c4c4c([2H])c([2H])c([2H])c([2H])c42)cc1N3CCc1c(-c2ccccc2)cccc1-c1ccccc1. The number of rotatable bonds is 13. The second kappa shape index (κ2) is 23.2. The molecule has 5 nitrogen and oxygen atoms in total. The van der Waals surface area contributed by atoms with Crippen molar-refractivity contribution in [2.24, 2.45) is 0 Å². The van der Waals surface area contributed by atoms with Gasteiger partial charge in [0.15, 0.2) is 0 Å². The number of hydrogen-bond acceptors (Lipinski definition) is 3. The van der Waals surface area contributed by atoms with Crippen molar-refractivity contribution in [1.82, 2.24) is 9.13 Å². The Morgan fingerprint density at radius 2 is 0.674 bits per heavy atom. The number of benzene rings is 14. The molecule has 0 saturated heterocycles. The number of anilines is 4. The molecule has 4 heterocycles. The van der Waals surface area contributed by atoms with Crippen molar-refractivity contribution in [2.75, 3.05) is 22.9 Å². The molecule has 0 unspecified atom stereocenters. The van der Waals surface area contributed by atoms with Crippen LogP contribution >= 0.6 is 0 Å². The predicted octanol–water partition coefficient (Wildman–Crippen LogP) is 20.0. The Bertz CT molecular complexity index is 6070. The summed E-state index contributed by atoms with van der Waals surface area (Å²) >= 11 is 0. The van der Waals surface area contributed by atoms with Crippen LogP contribution in [0.2, 0.25) is 0 Å². The monoisotopic (exact) mass is 1230 g/mol. The van der Waals surface area contributed by atoms with Gasteiger partial charge >= 0.3 is 0 Å². The molecule has 0 amide bonds. The lowest BCUT2D eigenvalue weighted by molar-refractivity contribution is 0.906. The van der Waals surface area contributed by atoms with Crippen LogP contribution in [0.4, 0.5) is 22.7 Å². The first-order chi connectivity index (χ1) is 53.8. The van der Waals surface area contributed by atoms with Gasteiger partial charge in [-0.25, -0.2) is 0 Å². The van der Waals surface area contributed by atoms with Crippen LogP contribution in [0.25, 0.3) is 111 Å². The molecule has 16 aromatic rings. The summed E-state index contributed by atoms with van der Waals surface area (Å²) in [5.74, 6) is 0. The molecule has 0 saturated carbocycles. The number of nitrogens with zero attached hydrogens (tertiary/aromatic N) is 5. The molecule has 0 radical (unpaired) electrons. The molecule has 0 spiro atoms. The quantitative estimate of drug-likeness (QED) is 0.108. The molecule has 446 valence electrons. The summed E-state index contributed by atoms with van der Waals surface area (Å²) < 4.78 is 152. The highest BCUT2D eigenvalue weighted by molar-refractivity contribution is 7.00. The number of aromatic nitrogens is 2. The third-order valence-electron chi connectivity index (χ3n) is 19.0. The van der Waals surface area contributed by atoms with Gasteiger partial charge in [0.2, 0.25) is 0 Å². The average Bonchev–Trinajstić information content (AvgIpc) is 1.69. The van der Waals surface area contributed by atoms with Crippen molar-refractivity contribution >= 4 is 89.5 Å². The van der Waals surface area contributed by atoms with Crippen molar-refractivity contribution in [2.45, 2.75) is 12.8 Å². The van der Waals surface area contributed by atoms with Gasteiger partial charge in [-0.05, 0) is 169 Å². The van der Waals surface area contributed by atoms with Crippen LogP contribution in [0.15, 0.2) is 327 Å². The van der Waals surface area contributed by atoms with Crippen LogP contribution in [0.5, 0.6) is 0 Å². The molecular formula is C89H62BN5. The summed E-state index contributed by atoms with van der Waals surface area (Å²) in [5.41, 5.74) is 17.6. The fourth-order valence-corrected chi connectivity index (χ4v) is 14.9. The maximum Gasteiger partial charge on any atom is 0.252 e. The van der Waals surface area contributed by atoms with E-state index in [0.717, 1.165) is 89.0 Å². The highest BCUT2D eigenvalue weighted by Gasteiger charge is 2.43. The van der Waals surface area contributed by atoms with Crippen LogP contribution in [0.1, 0.15) is 38.6 Å². The van der Waals surface area contributed by atoms with E-state index in [2.05, 4.69) is 113 Å². The minimum absolute atomic E-state index is 0.0489. The zero-order chi connectivity index (χ0) is 76.9. The molecule has 0 N–H and O–H groups in total. The average molecular weight is 1230 g/mol. The van der Waals surface area contributed by atoms with Crippen molar-refractivity contribution in [3.05, 3.63) is 344 Å². The first-order valence-electron chi connectivity index (χ1n) is 39.7. The first kappa shape index (κ1) is 41.3. The largest absolute Gasteiger partial charge is 0.342 e. The van der Waals surface area contributed by atoms with Gasteiger partial charge in [0.05, 0.1) is 55.6 Å². The zero-order valence-electron chi connectivity index (χ0n) is 67.1. The van der Waals surface area contributed by atoms with Crippen LogP contribution in [-0.4, -0.2) is 28.9 Å². The second-order valence-corrected chi connectivity index (χ2v) is 24.0. The van der Waals surface area contributed by atoms with E-state index < -0.39 is 103 Å². The molecular weight excluding hydrogens is 1150 g/mol. The molecule has 6 heteroatoms. The Balaban J connectivity index is 0.965. The molecule has 2 aliphatic rings. The maximum absolute atomic E-state index is 10.7. The van der Waals surface area contributed by atoms with E-state index in [1.165, 1.54) is 9.13 Å². The van der Waals surface area contributed by atoms with Crippen LogP contribution in [-0.2, 0) is 12.8 Å². The third-order valence-corrected chi connectivity index (χ3v) is 19.0. The van der Waals surface area contributed by atoms with Crippen molar-refractivity contribution in [1.29, 1.82) is 5.26 Å². The highest BCUT2D eigenvalue weighted by Crippen LogP contribution is 2.45. The highest BCUT2D eigenvalue weighted by atomic mass is 15.2. The lowest BCUT2D eigenvalue weighted by Gasteiger charge is -2.45. The second-order valence-electron chi connectivity index (χ2n) is 24.0. The number of hydrogen-bond donors (Lipinski definition) is 0. The summed E-state index contributed by atoms with van der Waals surface area (Å²) in [4.78, 5) is 4.57. The van der Waals surface area contributed by atoms with Gasteiger partial charge in [-0.2, -0.15) is 5.26 Å². The molecule has 95 heavy (non-hydrogen) atoms. The number of nitriles is 1. The Labute approximate surface area is 576 Å². The Hall–Kier alpha value is -12.2. The molecule has 14 aromatic carbocycles. The number of para-hydroxylation sites is 4. The molecule has 18 rings (SSSR count). The Morgan fingerprint density at radius 3 is 1.04 bits per heavy atom. The summed E-state index contributed by atoms with van der Waals surface area (Å²) in [6.07, 6.45) is 0.840. The van der Waals surface area contributed by atoms with Gasteiger partial charge < -0.3 is 18.9 Å². The summed E-state index contributed by atoms with van der Waals surface area (Å²) in [6.45, 7) is -0.118. The third kappa shape index (κ3) is 9.38. The molecule has 2 aromatic heterocycles. The predicted molar refractivity (Wildman–Crippen MR) is 399 cm³/mol. The van der Waals surface area contributed by atoms with Crippen LogP contribution in [0, 0.1) is 11.3 Å². The van der Waals surface area contributed by atoms with Crippen LogP contribution in [0.3, 0.4) is 0 Å². The van der Waals surface area contributed by atoms with Gasteiger partial charge in [0.25, 0.3) is 6.71 Å². The van der Waals surface area contributed by atoms with Gasteiger partial charge in [-0.3, -0.25) is 0 Å². The standard InChI is InChI=1S/C89H62BN5/c91-59-60-24-21-33-65(54-60)66-55-87-89-88(56-66)93(53-51-74-71(63-29-9-3-10-30-63)40-23-41-72(74)64-31-11-4-12-32-64)86-58-68(95-83-44-19-15-36-77(83)78-37-16-20-45-84(78)95)47-49-80(86)90(89)79-48-46-67(94-81-42-17-13-34-75(81)76-35-14-18-43-82(76)94)57-85(79)92(87)52-50-73-69(61-25-5-1-6-26-61)38-22-39-70(73)62-27-7-2-8-28-62/h1-49,54-58H,50-53H2/i13D,14D,15D,16D,17D,18D,19D,20D,34D,35D,36D,37D,42D,43D,44D,45D. The summed E-state index contributed by atoms with van der Waals surface area (Å²) in [5, 5.41) is 10.4. The normalized spacial score (nSPS) is 14.7. The van der Waals surface area contributed by atoms with Gasteiger partial charge in [0, 0.05) is 68.8 Å². The molecule has 0 atom stereocenters. The van der Waals surface area contributed by atoms with Gasteiger partial charge in [-0.1, -0.05) is 255 Å². The molecule has 0 fully saturated rings. The summed E-state index contributed by atoms with van der Waals surface area (Å²) in [6, 6.07) is 71.0. The maximum atomic E-state index is 10.7. The van der Waals surface area contributed by atoms with Gasteiger partial charge in [-0.15, -0.1) is 0 Å². The van der Waals surface area contributed by atoms with E-state index in [4.69, 9.17) is 11.0 Å². The van der Waals surface area contributed by atoms with E-state index in [9.17, 15) is 16.2 Å². The molecule has 0 bridgehead atoms. The van der Waals surface area contributed by atoms with E-state index in [-0.39, 0.29) is 56.7 Å². The lowest BCUT2D eigenvalue weighted by Crippen LogP contribution is -2.62. The minimum Gasteiger partial charge on any atom is -0.342 e. The number of fused-ring (bicyclic) bond motifs is 10. The smallest absolute Gasteiger partial charge is 0.252 e. The lowest BCUT2D eigenvalue weighted by atomic mass is 9.33. The van der Waals surface area contributed by atoms with Gasteiger partial charge in [0.1, 0.15) is 0 Å². The van der Waals surface area contributed by atoms with Crippen LogP contribution < -0.4 is 26.2 Å². The van der Waals surface area contributed by atoms with Crippen molar-refractivity contribution < 1.29 is 21.9 Å². The fourth-order valence-electron chi connectivity index (χ4n) is 14.9. The molecule has 0 aliphatic carbocycles. The topological polar surface area (TPSA) is 40.1 Å². The minimum atomic E-state index is -0.691. The molecule has 2 aliphatic heterocycles. The van der Waals surface area contributed by atoms with E-state index >= 15 is 0 Å². The zero-order valence-corrected chi connectivity index (χ0v) is 51.1. The van der Waals surface area contributed by atoms with E-state index in [0.29, 0.717) is 46.7 Å². The van der Waals surface area contributed by atoms with Crippen molar-refractivity contribution in [3.63, 3.8) is 0 Å². The van der Waals surface area contributed by atoms with E-state index in [1.807, 2.05) is 127 Å². The Morgan fingerprint density at radius 1 is 0.326 bits per heavy atom. The Kier molecular flexibility index (Phi) is 10.1. The fraction of sp³-hybridized carbons (Fsp3) is 0.0449. The summed E-state index contributed by atoms with van der Waals surface area (Å²) in [7, 11) is 0. The van der Waals surface area contributed by atoms with Crippen molar-refractivity contribution in [3.8, 4) is 73.1 Å².